The topological polar surface area (TPSA) is 46.6 Å². The number of hydrogen-bond acceptors (Lipinski definition) is 3. The monoisotopic (exact) mass is 391 g/mol. The van der Waals surface area contributed by atoms with Crippen molar-refractivity contribution in [1.82, 2.24) is 4.90 Å². The molecule has 1 unspecified atom stereocenters. The standard InChI is InChI=1S/C25H29NO3/c1-4-29-25(28)18(2)24(27)26(3)17-9-14-23-21-12-7-5-10-19(21)15-16-20-11-6-8-13-22(20)23/h5-8,10-14,18H,4,9,15-17H2,1-3H3. The van der Waals surface area contributed by atoms with Gasteiger partial charge in [-0.15, -0.1) is 0 Å². The van der Waals surface area contributed by atoms with E-state index in [9.17, 15) is 9.59 Å². The average molecular weight is 392 g/mol. The largest absolute Gasteiger partial charge is 0.465 e. The SMILES string of the molecule is CCOC(=O)C(C)C(=O)N(C)CCC=C1c2ccccc2CCc2ccccc21. The van der Waals surface area contributed by atoms with Crippen molar-refractivity contribution in [2.45, 2.75) is 33.1 Å². The Kier molecular flexibility index (Phi) is 6.86. The number of benzene rings is 2. The molecule has 0 saturated heterocycles. The van der Waals surface area contributed by atoms with Gasteiger partial charge in [-0.25, -0.2) is 0 Å². The quantitative estimate of drug-likeness (QED) is 0.546. The third kappa shape index (κ3) is 4.76. The maximum atomic E-state index is 12.5. The lowest BCUT2D eigenvalue weighted by atomic mass is 9.93. The zero-order chi connectivity index (χ0) is 20.8. The van der Waals surface area contributed by atoms with Crippen molar-refractivity contribution in [3.05, 3.63) is 76.9 Å². The van der Waals surface area contributed by atoms with Crippen LogP contribution < -0.4 is 0 Å². The van der Waals surface area contributed by atoms with Crippen molar-refractivity contribution in [1.29, 1.82) is 0 Å². The van der Waals surface area contributed by atoms with Crippen LogP contribution in [-0.2, 0) is 27.2 Å². The summed E-state index contributed by atoms with van der Waals surface area (Å²) in [5, 5.41) is 0. The number of hydrogen-bond donors (Lipinski definition) is 0. The maximum Gasteiger partial charge on any atom is 0.318 e. The van der Waals surface area contributed by atoms with Crippen LogP contribution in [0.5, 0.6) is 0 Å². The van der Waals surface area contributed by atoms with Gasteiger partial charge in [-0.1, -0.05) is 54.6 Å². The van der Waals surface area contributed by atoms with Crippen LogP contribution in [0, 0.1) is 5.92 Å². The van der Waals surface area contributed by atoms with Gasteiger partial charge >= 0.3 is 5.97 Å². The van der Waals surface area contributed by atoms with Gasteiger partial charge in [0.15, 0.2) is 0 Å². The van der Waals surface area contributed by atoms with Crippen molar-refractivity contribution in [3.8, 4) is 0 Å². The maximum absolute atomic E-state index is 12.5. The van der Waals surface area contributed by atoms with Crippen molar-refractivity contribution >= 4 is 17.4 Å². The summed E-state index contributed by atoms with van der Waals surface area (Å²) in [7, 11) is 1.74. The molecule has 0 bridgehead atoms. The van der Waals surface area contributed by atoms with E-state index in [2.05, 4.69) is 54.6 Å². The lowest BCUT2D eigenvalue weighted by molar-refractivity contribution is -0.154. The van der Waals surface area contributed by atoms with Crippen LogP contribution in [0.3, 0.4) is 0 Å². The summed E-state index contributed by atoms with van der Waals surface area (Å²) in [5.41, 5.74) is 6.48. The molecule has 1 aliphatic carbocycles. The highest BCUT2D eigenvalue weighted by molar-refractivity contribution is 5.97. The average Bonchev–Trinajstić information content (AvgIpc) is 2.90. The Morgan fingerprint density at radius 2 is 1.59 bits per heavy atom. The van der Waals surface area contributed by atoms with Gasteiger partial charge in [0.05, 0.1) is 6.61 Å². The van der Waals surface area contributed by atoms with E-state index >= 15 is 0 Å². The molecular weight excluding hydrogens is 362 g/mol. The molecule has 29 heavy (non-hydrogen) atoms. The zero-order valence-corrected chi connectivity index (χ0v) is 17.5. The minimum absolute atomic E-state index is 0.205. The summed E-state index contributed by atoms with van der Waals surface area (Å²) in [6.07, 6.45) is 5.00. The summed E-state index contributed by atoms with van der Waals surface area (Å²) in [6.45, 7) is 4.18. The van der Waals surface area contributed by atoms with E-state index in [0.717, 1.165) is 19.3 Å². The zero-order valence-electron chi connectivity index (χ0n) is 17.5. The Morgan fingerprint density at radius 3 is 2.14 bits per heavy atom. The van der Waals surface area contributed by atoms with E-state index in [1.807, 2.05) is 0 Å². The van der Waals surface area contributed by atoms with E-state index in [-0.39, 0.29) is 12.5 Å². The van der Waals surface area contributed by atoms with Crippen LogP contribution in [-0.4, -0.2) is 37.0 Å². The number of amides is 1. The molecule has 1 aliphatic rings. The molecule has 0 fully saturated rings. The first kappa shape index (κ1) is 20.8. The Balaban J connectivity index is 1.78. The van der Waals surface area contributed by atoms with E-state index in [1.165, 1.54) is 27.8 Å². The fraction of sp³-hybridized carbons (Fsp3) is 0.360. The molecule has 0 aromatic heterocycles. The van der Waals surface area contributed by atoms with Gasteiger partial charge in [-0.3, -0.25) is 9.59 Å². The summed E-state index contributed by atoms with van der Waals surface area (Å²) in [5.74, 6) is -1.44. The van der Waals surface area contributed by atoms with E-state index in [4.69, 9.17) is 4.74 Å². The highest BCUT2D eigenvalue weighted by Crippen LogP contribution is 2.33. The molecule has 2 aromatic rings. The smallest absolute Gasteiger partial charge is 0.318 e. The van der Waals surface area contributed by atoms with Gasteiger partial charge in [0.1, 0.15) is 5.92 Å². The highest BCUT2D eigenvalue weighted by Gasteiger charge is 2.25. The molecule has 1 amide bonds. The number of carbonyl (C=O) groups excluding carboxylic acids is 2. The van der Waals surface area contributed by atoms with Crippen molar-refractivity contribution < 1.29 is 14.3 Å². The van der Waals surface area contributed by atoms with Crippen LogP contribution in [0.15, 0.2) is 54.6 Å². The predicted octanol–water partition coefficient (Wildman–Crippen LogP) is 4.26. The minimum atomic E-state index is -0.771. The van der Waals surface area contributed by atoms with Gasteiger partial charge in [0.2, 0.25) is 5.91 Å². The molecule has 2 aromatic carbocycles. The number of fused-ring (bicyclic) bond motifs is 2. The summed E-state index contributed by atoms with van der Waals surface area (Å²) < 4.78 is 4.97. The van der Waals surface area contributed by atoms with Crippen LogP contribution in [0.2, 0.25) is 0 Å². The number of ether oxygens (including phenoxy) is 1. The minimum Gasteiger partial charge on any atom is -0.465 e. The molecule has 152 valence electrons. The van der Waals surface area contributed by atoms with Gasteiger partial charge in [-0.05, 0) is 60.9 Å². The number of carbonyl (C=O) groups is 2. The summed E-state index contributed by atoms with van der Waals surface area (Å²) >= 11 is 0. The summed E-state index contributed by atoms with van der Waals surface area (Å²) in [6, 6.07) is 17.1. The van der Waals surface area contributed by atoms with Crippen molar-refractivity contribution in [2.24, 2.45) is 5.92 Å². The number of rotatable bonds is 6. The lowest BCUT2D eigenvalue weighted by Gasteiger charge is -2.20. The molecule has 0 aliphatic heterocycles. The molecule has 0 heterocycles. The van der Waals surface area contributed by atoms with Crippen LogP contribution in [0.4, 0.5) is 0 Å². The molecule has 0 saturated carbocycles. The van der Waals surface area contributed by atoms with Crippen LogP contribution >= 0.6 is 0 Å². The Hall–Kier alpha value is -2.88. The molecule has 0 spiro atoms. The molecule has 4 nitrogen and oxygen atoms in total. The fourth-order valence-corrected chi connectivity index (χ4v) is 3.85. The first-order chi connectivity index (χ1) is 14.0. The second-order valence-electron chi connectivity index (χ2n) is 7.45. The van der Waals surface area contributed by atoms with Crippen LogP contribution in [0.1, 0.15) is 42.5 Å². The first-order valence-corrected chi connectivity index (χ1v) is 10.3. The highest BCUT2D eigenvalue weighted by atomic mass is 16.5. The third-order valence-corrected chi connectivity index (χ3v) is 5.48. The second kappa shape index (κ2) is 9.55. The molecular formula is C25H29NO3. The fourth-order valence-electron chi connectivity index (χ4n) is 3.85. The third-order valence-electron chi connectivity index (χ3n) is 5.48. The molecule has 0 N–H and O–H groups in total. The van der Waals surface area contributed by atoms with Gasteiger partial charge < -0.3 is 9.64 Å². The number of aryl methyl sites for hydroxylation is 2. The van der Waals surface area contributed by atoms with E-state index < -0.39 is 11.9 Å². The lowest BCUT2D eigenvalue weighted by Crippen LogP contribution is -2.36. The molecule has 4 heteroatoms. The van der Waals surface area contributed by atoms with Gasteiger partial charge in [0.25, 0.3) is 0 Å². The van der Waals surface area contributed by atoms with Crippen molar-refractivity contribution in [2.75, 3.05) is 20.2 Å². The van der Waals surface area contributed by atoms with E-state index in [1.54, 1.807) is 25.8 Å². The van der Waals surface area contributed by atoms with E-state index in [0.29, 0.717) is 6.54 Å². The molecule has 0 radical (unpaired) electrons. The number of nitrogens with zero attached hydrogens (tertiary/aromatic N) is 1. The van der Waals surface area contributed by atoms with Gasteiger partial charge in [0, 0.05) is 13.6 Å². The Morgan fingerprint density at radius 1 is 1.03 bits per heavy atom. The summed E-state index contributed by atoms with van der Waals surface area (Å²) in [4.78, 5) is 26.0. The molecule has 1 atom stereocenters. The van der Waals surface area contributed by atoms with Gasteiger partial charge in [-0.2, -0.15) is 0 Å². The Labute approximate surface area is 173 Å². The Bertz CT molecular complexity index is 866. The predicted molar refractivity (Wildman–Crippen MR) is 115 cm³/mol. The van der Waals surface area contributed by atoms with Crippen LogP contribution in [0.25, 0.3) is 5.57 Å². The second-order valence-corrected chi connectivity index (χ2v) is 7.45. The normalized spacial score (nSPS) is 13.6. The van der Waals surface area contributed by atoms with Crippen molar-refractivity contribution in [3.63, 3.8) is 0 Å². The first-order valence-electron chi connectivity index (χ1n) is 10.3. The number of esters is 1. The molecule has 3 rings (SSSR count).